The predicted molar refractivity (Wildman–Crippen MR) is 213 cm³/mol. The van der Waals surface area contributed by atoms with E-state index < -0.39 is 5.25 Å². The highest BCUT2D eigenvalue weighted by molar-refractivity contribution is 8.01. The number of nitrogens with zero attached hydrogens (tertiary/aromatic N) is 6. The van der Waals surface area contributed by atoms with E-state index in [0.29, 0.717) is 32.2 Å². The van der Waals surface area contributed by atoms with Crippen molar-refractivity contribution in [2.45, 2.75) is 88.4 Å². The van der Waals surface area contributed by atoms with Crippen molar-refractivity contribution in [3.05, 3.63) is 59.7 Å². The van der Waals surface area contributed by atoms with Gasteiger partial charge >= 0.3 is 6.03 Å². The molecule has 0 spiro atoms. The minimum atomic E-state index is -0.403. The molecule has 7 rings (SSSR count). The van der Waals surface area contributed by atoms with Crippen molar-refractivity contribution in [2.24, 2.45) is 5.41 Å². The van der Waals surface area contributed by atoms with Crippen LogP contribution in [0.3, 0.4) is 0 Å². The third-order valence-corrected chi connectivity index (χ3v) is 13.5. The zero-order valence-corrected chi connectivity index (χ0v) is 32.6. The smallest absolute Gasteiger partial charge is 0.322 e. The molecule has 10 nitrogen and oxygen atoms in total. The second-order valence-corrected chi connectivity index (χ2v) is 18.1. The van der Waals surface area contributed by atoms with Crippen LogP contribution in [-0.2, 0) is 16.0 Å². The van der Waals surface area contributed by atoms with E-state index in [4.69, 9.17) is 0 Å². The molecule has 5 aliphatic rings. The Hall–Kier alpha value is -3.28. The molecule has 11 heteroatoms. The number of carbonyl (C=O) groups excluding carboxylic acids is 3. The molecule has 0 saturated carbocycles. The van der Waals surface area contributed by atoms with E-state index >= 15 is 0 Å². The van der Waals surface area contributed by atoms with E-state index in [2.05, 4.69) is 83.1 Å². The van der Waals surface area contributed by atoms with Crippen LogP contribution in [0.25, 0.3) is 0 Å². The standard InChI is InChI=1S/C41H59N7O3S.H2/c1-41(2,3)18-24-48-38(50)36(29-37(49)46-21-16-32(17-22-46)47-23-13-30-9-5-7-11-34(30)42-40(47)51)52-39(48)33-10-6-8-12-35(33)45-27-25-44(26-28-45)31-14-19-43(4)20-15-31;/h5-12,31-32,36,39H,13-29H2,1-4H3,(H,42,51);1H. The highest BCUT2D eigenvalue weighted by atomic mass is 32.2. The van der Waals surface area contributed by atoms with E-state index in [-0.39, 0.29) is 42.5 Å². The number of hydrogen-bond donors (Lipinski definition) is 1. The number of amides is 4. The van der Waals surface area contributed by atoms with Crippen molar-refractivity contribution in [3.8, 4) is 0 Å². The van der Waals surface area contributed by atoms with Crippen LogP contribution in [0.1, 0.15) is 77.2 Å². The van der Waals surface area contributed by atoms with Crippen molar-refractivity contribution in [1.82, 2.24) is 24.5 Å². The van der Waals surface area contributed by atoms with Gasteiger partial charge < -0.3 is 29.8 Å². The molecule has 5 heterocycles. The summed E-state index contributed by atoms with van der Waals surface area (Å²) in [7, 11) is 2.23. The Morgan fingerprint density at radius 2 is 1.52 bits per heavy atom. The Balaban J connectivity index is 0.00000481. The van der Waals surface area contributed by atoms with Gasteiger partial charge in [-0.05, 0) is 81.8 Å². The highest BCUT2D eigenvalue weighted by Gasteiger charge is 2.44. The third kappa shape index (κ3) is 8.42. The maximum atomic E-state index is 14.2. The van der Waals surface area contributed by atoms with E-state index in [1.807, 2.05) is 28.0 Å². The molecule has 0 bridgehead atoms. The van der Waals surface area contributed by atoms with Crippen LogP contribution < -0.4 is 10.2 Å². The van der Waals surface area contributed by atoms with Gasteiger partial charge in [-0.25, -0.2) is 4.79 Å². The number of anilines is 2. The van der Waals surface area contributed by atoms with Crippen LogP contribution in [0.4, 0.5) is 16.2 Å². The normalized spacial score (nSPS) is 24.6. The molecule has 2 aromatic rings. The Bertz CT molecular complexity index is 1580. The lowest BCUT2D eigenvalue weighted by Crippen LogP contribution is -2.53. The summed E-state index contributed by atoms with van der Waals surface area (Å²) >= 11 is 1.67. The number of urea groups is 1. The monoisotopic (exact) mass is 731 g/mol. The second kappa shape index (κ2) is 16.0. The summed E-state index contributed by atoms with van der Waals surface area (Å²) in [6, 6.07) is 17.4. The zero-order chi connectivity index (χ0) is 36.4. The minimum absolute atomic E-state index is 0. The second-order valence-electron chi connectivity index (χ2n) is 16.8. The molecular formula is C41H61N7O3S. The van der Waals surface area contributed by atoms with Crippen molar-refractivity contribution in [2.75, 3.05) is 82.7 Å². The maximum Gasteiger partial charge on any atom is 0.322 e. The summed E-state index contributed by atoms with van der Waals surface area (Å²) in [4.78, 5) is 54.9. The lowest BCUT2D eigenvalue weighted by Gasteiger charge is -2.43. The van der Waals surface area contributed by atoms with Gasteiger partial charge in [0.05, 0.1) is 5.25 Å². The van der Waals surface area contributed by atoms with Crippen molar-refractivity contribution >= 4 is 41.0 Å². The van der Waals surface area contributed by atoms with Crippen LogP contribution in [0.15, 0.2) is 48.5 Å². The SMILES string of the molecule is CN1CCC(N2CCN(c3ccccc3C3SC(CC(=O)N4CCC(N5CCc6ccccc6NC5=O)CC4)C(=O)N3CCC(C)(C)C)CC2)CC1.[HH]. The summed E-state index contributed by atoms with van der Waals surface area (Å²) in [6.07, 6.45) is 5.93. The number of piperidine rings is 2. The topological polar surface area (TPSA) is 82.7 Å². The number of fused-ring (bicyclic) bond motifs is 1. The molecule has 2 unspecified atom stereocenters. The van der Waals surface area contributed by atoms with Crippen LogP contribution in [0.5, 0.6) is 0 Å². The number of hydrogen-bond acceptors (Lipinski definition) is 7. The Labute approximate surface area is 316 Å². The lowest BCUT2D eigenvalue weighted by atomic mass is 9.92. The summed E-state index contributed by atoms with van der Waals surface area (Å²) in [5.74, 6) is 0.136. The van der Waals surface area contributed by atoms with Gasteiger partial charge in [-0.2, -0.15) is 0 Å². The first-order valence-electron chi connectivity index (χ1n) is 19.7. The maximum absolute atomic E-state index is 14.2. The molecule has 284 valence electrons. The van der Waals surface area contributed by atoms with E-state index in [1.165, 1.54) is 37.2 Å². The average Bonchev–Trinajstić information content (AvgIpc) is 3.34. The van der Waals surface area contributed by atoms with E-state index in [9.17, 15) is 14.4 Å². The summed E-state index contributed by atoms with van der Waals surface area (Å²) in [6.45, 7) is 15.7. The number of carbonyl (C=O) groups is 3. The Morgan fingerprint density at radius 3 is 2.25 bits per heavy atom. The predicted octanol–water partition coefficient (Wildman–Crippen LogP) is 6.00. The van der Waals surface area contributed by atoms with Gasteiger partial charge in [0.25, 0.3) is 0 Å². The van der Waals surface area contributed by atoms with Gasteiger partial charge in [0, 0.05) is 89.2 Å². The fourth-order valence-electron chi connectivity index (χ4n) is 8.77. The molecule has 2 atom stereocenters. The first kappa shape index (κ1) is 37.1. The van der Waals surface area contributed by atoms with Gasteiger partial charge in [0.2, 0.25) is 11.8 Å². The molecule has 0 aliphatic carbocycles. The number of thioether (sulfide) groups is 1. The first-order valence-corrected chi connectivity index (χ1v) is 20.6. The van der Waals surface area contributed by atoms with Crippen LogP contribution in [0.2, 0.25) is 0 Å². The molecule has 5 aliphatic heterocycles. The number of benzene rings is 2. The number of rotatable bonds is 8. The summed E-state index contributed by atoms with van der Waals surface area (Å²) in [5.41, 5.74) is 4.56. The van der Waals surface area contributed by atoms with Gasteiger partial charge in [0.1, 0.15) is 5.37 Å². The van der Waals surface area contributed by atoms with E-state index in [1.54, 1.807) is 11.8 Å². The largest absolute Gasteiger partial charge is 0.369 e. The zero-order valence-electron chi connectivity index (χ0n) is 31.8. The van der Waals surface area contributed by atoms with Crippen molar-refractivity contribution in [1.29, 1.82) is 0 Å². The van der Waals surface area contributed by atoms with Gasteiger partial charge in [0.15, 0.2) is 0 Å². The highest BCUT2D eigenvalue weighted by Crippen LogP contribution is 2.48. The van der Waals surface area contributed by atoms with Crippen LogP contribution in [-0.4, -0.2) is 132 Å². The van der Waals surface area contributed by atoms with E-state index in [0.717, 1.165) is 63.1 Å². The summed E-state index contributed by atoms with van der Waals surface area (Å²) in [5, 5.41) is 2.57. The first-order chi connectivity index (χ1) is 25.0. The Kier molecular flexibility index (Phi) is 11.4. The lowest BCUT2D eigenvalue weighted by molar-refractivity contribution is -0.137. The molecule has 4 amide bonds. The van der Waals surface area contributed by atoms with Gasteiger partial charge in [-0.3, -0.25) is 14.5 Å². The molecular weight excluding hydrogens is 671 g/mol. The van der Waals surface area contributed by atoms with Crippen molar-refractivity contribution < 1.29 is 15.8 Å². The number of piperazine rings is 1. The average molecular weight is 732 g/mol. The number of nitrogens with one attached hydrogen (secondary N) is 1. The number of para-hydroxylation sites is 2. The molecule has 1 N–H and O–H groups in total. The van der Waals surface area contributed by atoms with Crippen molar-refractivity contribution in [3.63, 3.8) is 0 Å². The fraction of sp³-hybridized carbons (Fsp3) is 0.634. The molecule has 4 saturated heterocycles. The van der Waals surface area contributed by atoms with Crippen LogP contribution in [0, 0.1) is 5.41 Å². The summed E-state index contributed by atoms with van der Waals surface area (Å²) < 4.78 is 0. The fourth-order valence-corrected chi connectivity index (χ4v) is 10.3. The molecule has 0 aromatic heterocycles. The molecule has 52 heavy (non-hydrogen) atoms. The minimum Gasteiger partial charge on any atom is -0.369 e. The molecule has 0 radical (unpaired) electrons. The van der Waals surface area contributed by atoms with Gasteiger partial charge in [-0.1, -0.05) is 57.2 Å². The van der Waals surface area contributed by atoms with Gasteiger partial charge in [-0.15, -0.1) is 11.8 Å². The third-order valence-electron chi connectivity index (χ3n) is 12.1. The molecule has 2 aromatic carbocycles. The van der Waals surface area contributed by atoms with Crippen LogP contribution >= 0.6 is 11.8 Å². The quantitative estimate of drug-likeness (QED) is 0.357. The number of likely N-dealkylation sites (tertiary alicyclic amines) is 2. The Morgan fingerprint density at radius 1 is 0.846 bits per heavy atom. The molecule has 4 fully saturated rings.